The Balaban J connectivity index is 1.66. The molecule has 0 unspecified atom stereocenters. The molecule has 0 spiro atoms. The third-order valence-electron chi connectivity index (χ3n) is 3.83. The van der Waals surface area contributed by atoms with Crippen LogP contribution in [-0.2, 0) is 13.0 Å². The summed E-state index contributed by atoms with van der Waals surface area (Å²) in [6, 6.07) is 4.35. The molecule has 1 N–H and O–H groups in total. The van der Waals surface area contributed by atoms with Crippen molar-refractivity contribution in [2.45, 2.75) is 30.6 Å². The summed E-state index contributed by atoms with van der Waals surface area (Å²) in [6.45, 7) is 2.84. The minimum absolute atomic E-state index is 0.524. The highest BCUT2D eigenvalue weighted by molar-refractivity contribution is 9.10. The van der Waals surface area contributed by atoms with Crippen molar-refractivity contribution in [1.82, 2.24) is 5.32 Å². The number of hydrogen-bond acceptors (Lipinski definition) is 3. The topological polar surface area (TPSA) is 21.3 Å². The number of ether oxygens (including phenoxy) is 1. The number of benzene rings is 1. The molecule has 98 valence electrons. The van der Waals surface area contributed by atoms with Gasteiger partial charge in [0.25, 0.3) is 0 Å². The molecule has 1 fully saturated rings. The summed E-state index contributed by atoms with van der Waals surface area (Å²) in [4.78, 5) is 0. The molecule has 0 saturated heterocycles. The van der Waals surface area contributed by atoms with Crippen molar-refractivity contribution >= 4 is 27.7 Å². The van der Waals surface area contributed by atoms with Gasteiger partial charge in [-0.05, 0) is 36.8 Å². The van der Waals surface area contributed by atoms with Gasteiger partial charge in [0, 0.05) is 34.3 Å². The highest BCUT2D eigenvalue weighted by atomic mass is 79.9. The van der Waals surface area contributed by atoms with Crippen LogP contribution in [0.2, 0.25) is 0 Å². The molecule has 2 aliphatic rings. The molecule has 4 heteroatoms. The van der Waals surface area contributed by atoms with Crippen LogP contribution in [0.5, 0.6) is 5.75 Å². The number of rotatable bonds is 5. The number of halogens is 1. The first-order valence-corrected chi connectivity index (χ1v) is 8.44. The Kier molecular flexibility index (Phi) is 3.61. The molecule has 2 nitrogen and oxygen atoms in total. The van der Waals surface area contributed by atoms with E-state index in [-0.39, 0.29) is 0 Å². The first-order chi connectivity index (χ1) is 8.72. The lowest BCUT2D eigenvalue weighted by Crippen LogP contribution is -2.25. The maximum Gasteiger partial charge on any atom is 0.127 e. The third kappa shape index (κ3) is 2.56. The largest absolute Gasteiger partial charge is 0.493 e. The smallest absolute Gasteiger partial charge is 0.127 e. The first kappa shape index (κ1) is 12.8. The number of fused-ring (bicyclic) bond motifs is 1. The summed E-state index contributed by atoms with van der Waals surface area (Å²) in [6.07, 6.45) is 5.97. The van der Waals surface area contributed by atoms with Crippen molar-refractivity contribution in [1.29, 1.82) is 0 Å². The van der Waals surface area contributed by atoms with Crippen molar-refractivity contribution < 1.29 is 4.74 Å². The fourth-order valence-electron chi connectivity index (χ4n) is 2.49. The van der Waals surface area contributed by atoms with Crippen LogP contribution in [0.15, 0.2) is 16.6 Å². The van der Waals surface area contributed by atoms with Crippen molar-refractivity contribution in [3.8, 4) is 5.75 Å². The van der Waals surface area contributed by atoms with Crippen LogP contribution in [0.25, 0.3) is 0 Å². The summed E-state index contributed by atoms with van der Waals surface area (Å²) in [7, 11) is 0. The van der Waals surface area contributed by atoms with Gasteiger partial charge < -0.3 is 10.1 Å². The highest BCUT2D eigenvalue weighted by Crippen LogP contribution is 2.46. The van der Waals surface area contributed by atoms with Crippen LogP contribution in [0.1, 0.15) is 24.0 Å². The monoisotopic (exact) mass is 327 g/mol. The second-order valence-corrected chi connectivity index (χ2v) is 7.33. The molecule has 1 aliphatic carbocycles. The molecule has 0 radical (unpaired) electrons. The molecule has 1 aromatic carbocycles. The fraction of sp³-hybridized carbons (Fsp3) is 0.571. The Hall–Kier alpha value is -0.190. The van der Waals surface area contributed by atoms with E-state index >= 15 is 0 Å². The first-order valence-electron chi connectivity index (χ1n) is 6.42. The summed E-state index contributed by atoms with van der Waals surface area (Å²) in [5.74, 6) is 1.11. The molecule has 0 atom stereocenters. The SMILES string of the molecule is CSC1(CNCc2cc(Br)cc3c2OCC3)CC1. The van der Waals surface area contributed by atoms with Crippen LogP contribution in [0.3, 0.4) is 0 Å². The van der Waals surface area contributed by atoms with Gasteiger partial charge in [-0.15, -0.1) is 0 Å². The normalized spacial score (nSPS) is 19.4. The van der Waals surface area contributed by atoms with Crippen molar-refractivity contribution in [2.75, 3.05) is 19.4 Å². The lowest BCUT2D eigenvalue weighted by molar-refractivity contribution is 0.352. The third-order valence-corrected chi connectivity index (χ3v) is 5.71. The van der Waals surface area contributed by atoms with Gasteiger partial charge in [0.05, 0.1) is 6.61 Å². The van der Waals surface area contributed by atoms with Gasteiger partial charge in [0.15, 0.2) is 0 Å². The minimum Gasteiger partial charge on any atom is -0.493 e. The lowest BCUT2D eigenvalue weighted by Gasteiger charge is -2.14. The van der Waals surface area contributed by atoms with Crippen molar-refractivity contribution in [2.24, 2.45) is 0 Å². The summed E-state index contributed by atoms with van der Waals surface area (Å²) in [5.41, 5.74) is 2.63. The van der Waals surface area contributed by atoms with E-state index in [1.54, 1.807) is 0 Å². The van der Waals surface area contributed by atoms with Gasteiger partial charge in [-0.1, -0.05) is 15.9 Å². The molecule has 1 saturated carbocycles. The van der Waals surface area contributed by atoms with E-state index in [0.717, 1.165) is 36.3 Å². The molecule has 0 amide bonds. The summed E-state index contributed by atoms with van der Waals surface area (Å²) >= 11 is 5.58. The van der Waals surface area contributed by atoms with Gasteiger partial charge in [-0.2, -0.15) is 11.8 Å². The van der Waals surface area contributed by atoms with Gasteiger partial charge >= 0.3 is 0 Å². The summed E-state index contributed by atoms with van der Waals surface area (Å²) < 4.78 is 7.43. The van der Waals surface area contributed by atoms with Crippen LogP contribution in [-0.4, -0.2) is 24.2 Å². The molecule has 1 heterocycles. The van der Waals surface area contributed by atoms with E-state index in [2.05, 4.69) is 39.6 Å². The van der Waals surface area contributed by atoms with Crippen LogP contribution < -0.4 is 10.1 Å². The Morgan fingerprint density at radius 3 is 3.00 bits per heavy atom. The highest BCUT2D eigenvalue weighted by Gasteiger charge is 2.41. The van der Waals surface area contributed by atoms with Gasteiger partial charge in [-0.3, -0.25) is 0 Å². The van der Waals surface area contributed by atoms with E-state index in [0.29, 0.717) is 4.75 Å². The van der Waals surface area contributed by atoms with Crippen molar-refractivity contribution in [3.63, 3.8) is 0 Å². The Morgan fingerprint density at radius 2 is 2.28 bits per heavy atom. The van der Waals surface area contributed by atoms with Crippen LogP contribution >= 0.6 is 27.7 Å². The molecule has 1 aliphatic heterocycles. The van der Waals surface area contributed by atoms with Gasteiger partial charge in [0.1, 0.15) is 5.75 Å². The molecule has 1 aromatic rings. The Bertz CT molecular complexity index is 459. The zero-order valence-electron chi connectivity index (χ0n) is 10.6. The number of hydrogen-bond donors (Lipinski definition) is 1. The van der Waals surface area contributed by atoms with E-state index in [1.165, 1.54) is 24.0 Å². The molecule has 3 rings (SSSR count). The molecule has 0 bridgehead atoms. The van der Waals surface area contributed by atoms with Crippen molar-refractivity contribution in [3.05, 3.63) is 27.7 Å². The minimum atomic E-state index is 0.524. The molecule has 0 aromatic heterocycles. The number of thioether (sulfide) groups is 1. The second kappa shape index (κ2) is 5.06. The fourth-order valence-corrected chi connectivity index (χ4v) is 3.80. The second-order valence-electron chi connectivity index (χ2n) is 5.14. The quantitative estimate of drug-likeness (QED) is 0.895. The standard InChI is InChI=1S/C14H18BrNOS/c1-18-14(3-4-14)9-16-8-11-7-12(15)6-10-2-5-17-13(10)11/h6-7,16H,2-5,8-9H2,1H3. The predicted molar refractivity (Wildman–Crippen MR) is 80.5 cm³/mol. The average molecular weight is 328 g/mol. The van der Waals surface area contributed by atoms with Gasteiger partial charge in [-0.25, -0.2) is 0 Å². The summed E-state index contributed by atoms with van der Waals surface area (Å²) in [5, 5.41) is 3.59. The zero-order valence-corrected chi connectivity index (χ0v) is 13.0. The Labute approximate surface area is 121 Å². The molecular formula is C14H18BrNOS. The maximum absolute atomic E-state index is 5.74. The van der Waals surface area contributed by atoms with E-state index in [9.17, 15) is 0 Å². The van der Waals surface area contributed by atoms with E-state index < -0.39 is 0 Å². The van der Waals surface area contributed by atoms with Crippen LogP contribution in [0, 0.1) is 0 Å². The van der Waals surface area contributed by atoms with E-state index in [4.69, 9.17) is 4.74 Å². The molecule has 18 heavy (non-hydrogen) atoms. The maximum atomic E-state index is 5.74. The van der Waals surface area contributed by atoms with Gasteiger partial charge in [0.2, 0.25) is 0 Å². The Morgan fingerprint density at radius 1 is 1.44 bits per heavy atom. The van der Waals surface area contributed by atoms with Crippen LogP contribution in [0.4, 0.5) is 0 Å². The predicted octanol–water partition coefficient (Wildman–Crippen LogP) is 3.37. The lowest BCUT2D eigenvalue weighted by atomic mass is 10.1. The zero-order chi connectivity index (χ0) is 12.6. The molecular weight excluding hydrogens is 310 g/mol. The van der Waals surface area contributed by atoms with E-state index in [1.807, 2.05) is 11.8 Å². The average Bonchev–Trinajstić information content (AvgIpc) is 2.98. The number of nitrogens with one attached hydrogen (secondary N) is 1.